The number of aliphatic hydroxyl groups excluding tert-OH is 4. The van der Waals surface area contributed by atoms with Gasteiger partial charge in [-0.05, 0) is 19.8 Å². The molecule has 6 N–H and O–H groups in total. The Morgan fingerprint density at radius 3 is 2.24 bits per heavy atom. The normalized spacial score (nSPS) is 30.7. The van der Waals surface area contributed by atoms with Gasteiger partial charge in [0.1, 0.15) is 18.3 Å². The number of rotatable bonds is 8. The molecule has 2 fully saturated rings. The van der Waals surface area contributed by atoms with Gasteiger partial charge in [-0.2, -0.15) is 0 Å². The lowest BCUT2D eigenvalue weighted by atomic mass is 9.84. The van der Waals surface area contributed by atoms with E-state index in [4.69, 9.17) is 24.8 Å². The number of fused-ring (bicyclic) bond motifs is 1. The molecule has 0 bridgehead atoms. The minimum Gasteiger partial charge on any atom is -0.396 e. The predicted octanol–water partition coefficient (Wildman–Crippen LogP) is -1.29. The van der Waals surface area contributed by atoms with Crippen LogP contribution in [-0.4, -0.2) is 98.0 Å². The van der Waals surface area contributed by atoms with E-state index in [9.17, 15) is 25.4 Å². The molecule has 2 aliphatic rings. The summed E-state index contributed by atoms with van der Waals surface area (Å²) in [5, 5.41) is 64.2. The molecule has 0 spiro atoms. The summed E-state index contributed by atoms with van der Waals surface area (Å²) in [7, 11) is 0. The smallest absolute Gasteiger partial charge is 0.297 e. The molecule has 0 saturated carbocycles. The minimum absolute atomic E-state index is 0.0711. The Labute approximate surface area is 169 Å². The maximum absolute atomic E-state index is 10.5. The molecule has 0 radical (unpaired) electrons. The molecule has 12 nitrogen and oxygen atoms in total. The third kappa shape index (κ3) is 7.90. The average Bonchev–Trinajstić information content (AvgIpc) is 3.17. The fraction of sp³-hybridized carbons (Fsp3) is 1.00. The fourth-order valence-corrected chi connectivity index (χ4v) is 2.83. The van der Waals surface area contributed by atoms with E-state index in [0.29, 0.717) is 19.4 Å². The zero-order valence-electron chi connectivity index (χ0n) is 17.1. The van der Waals surface area contributed by atoms with E-state index in [1.54, 1.807) is 13.8 Å². The van der Waals surface area contributed by atoms with E-state index >= 15 is 0 Å². The molecule has 12 heteroatoms. The van der Waals surface area contributed by atoms with Crippen molar-refractivity contribution in [2.24, 2.45) is 0 Å². The summed E-state index contributed by atoms with van der Waals surface area (Å²) < 4.78 is 10.4. The molecular weight excluding hydrogens is 394 g/mol. The zero-order chi connectivity index (χ0) is 22.7. The van der Waals surface area contributed by atoms with Gasteiger partial charge in [0.15, 0.2) is 5.60 Å². The molecular formula is C17H35NO11. The van der Waals surface area contributed by atoms with Crippen LogP contribution in [0.15, 0.2) is 0 Å². The number of ether oxygens (including phenoxy) is 2. The van der Waals surface area contributed by atoms with E-state index in [1.807, 2.05) is 6.92 Å². The Balaban J connectivity index is 0.000000654. The first-order valence-electron chi connectivity index (χ1n) is 9.62. The summed E-state index contributed by atoms with van der Waals surface area (Å²) in [6.45, 7) is 5.17. The molecule has 2 unspecified atom stereocenters. The van der Waals surface area contributed by atoms with Gasteiger partial charge in [-0.3, -0.25) is 4.84 Å². The van der Waals surface area contributed by atoms with Crippen molar-refractivity contribution in [3.8, 4) is 0 Å². The third-order valence-electron chi connectivity index (χ3n) is 4.35. The Hall–Kier alpha value is -1.12. The van der Waals surface area contributed by atoms with Gasteiger partial charge < -0.3 is 40.1 Å². The van der Waals surface area contributed by atoms with Gasteiger partial charge in [0.25, 0.3) is 5.09 Å². The van der Waals surface area contributed by atoms with Crippen molar-refractivity contribution in [1.29, 1.82) is 0 Å². The summed E-state index contributed by atoms with van der Waals surface area (Å²) in [5.41, 5.74) is -2.10. The molecule has 0 aromatic carbocycles. The predicted molar refractivity (Wildman–Crippen MR) is 99.1 cm³/mol. The van der Waals surface area contributed by atoms with Crippen molar-refractivity contribution in [3.63, 3.8) is 0 Å². The van der Waals surface area contributed by atoms with Crippen molar-refractivity contribution in [2.75, 3.05) is 26.4 Å². The quantitative estimate of drug-likeness (QED) is 0.153. The highest BCUT2D eigenvalue weighted by molar-refractivity contribution is 5.10. The Morgan fingerprint density at radius 2 is 1.86 bits per heavy atom. The van der Waals surface area contributed by atoms with E-state index in [1.165, 1.54) is 0 Å². The standard InChI is InChI=1S/C10H17NO8.C4H10O2.C3H8O/c1-2-3-10(14,19-11(15)16)9(13)5-18-7-6(12)4-17-8(7)9;1-4(6)2-3-5;1-2-3-4/h6-8,12-14H,2-5H2,1H3;4-6H,2-3H2,1H3;4H,2-3H2,1H3/t6-,7+,8-,9-,10?;;/m0../s1. The second-order valence-electron chi connectivity index (χ2n) is 6.96. The molecule has 6 atom stereocenters. The minimum atomic E-state index is -2.44. The summed E-state index contributed by atoms with van der Waals surface area (Å²) in [5.74, 6) is -2.44. The van der Waals surface area contributed by atoms with Crippen LogP contribution in [0.2, 0.25) is 0 Å². The first kappa shape index (κ1) is 27.9. The van der Waals surface area contributed by atoms with Crippen LogP contribution >= 0.6 is 0 Å². The zero-order valence-corrected chi connectivity index (χ0v) is 17.1. The molecule has 2 rings (SSSR count). The molecule has 2 saturated heterocycles. The van der Waals surface area contributed by atoms with Crippen molar-refractivity contribution >= 4 is 0 Å². The van der Waals surface area contributed by atoms with Gasteiger partial charge in [-0.15, -0.1) is 10.1 Å². The topological polar surface area (TPSA) is 192 Å². The van der Waals surface area contributed by atoms with E-state index < -0.39 is 41.4 Å². The Bertz CT molecular complexity index is 465. The first-order chi connectivity index (χ1) is 13.5. The second kappa shape index (κ2) is 13.2. The average molecular weight is 429 g/mol. The van der Waals surface area contributed by atoms with Crippen molar-refractivity contribution < 1.29 is 50.0 Å². The fourth-order valence-electron chi connectivity index (χ4n) is 2.83. The molecule has 0 aromatic rings. The van der Waals surface area contributed by atoms with Crippen molar-refractivity contribution in [2.45, 2.75) is 82.3 Å². The van der Waals surface area contributed by atoms with Crippen LogP contribution in [0.1, 0.15) is 46.5 Å². The monoisotopic (exact) mass is 429 g/mol. The highest BCUT2D eigenvalue weighted by Crippen LogP contribution is 2.43. The van der Waals surface area contributed by atoms with Crippen LogP contribution in [0.5, 0.6) is 0 Å². The van der Waals surface area contributed by atoms with E-state index in [2.05, 4.69) is 4.84 Å². The van der Waals surface area contributed by atoms with Gasteiger partial charge in [0.2, 0.25) is 5.79 Å². The summed E-state index contributed by atoms with van der Waals surface area (Å²) in [4.78, 5) is 14.8. The molecule has 0 aromatic heterocycles. The molecule has 29 heavy (non-hydrogen) atoms. The summed E-state index contributed by atoms with van der Waals surface area (Å²) in [6.07, 6.45) is -1.67. The lowest BCUT2D eigenvalue weighted by Crippen LogP contribution is -2.63. The van der Waals surface area contributed by atoms with E-state index in [-0.39, 0.29) is 25.7 Å². The number of aliphatic hydroxyl groups is 6. The lowest BCUT2D eigenvalue weighted by molar-refractivity contribution is -0.803. The lowest BCUT2D eigenvalue weighted by Gasteiger charge is -2.40. The van der Waals surface area contributed by atoms with Crippen LogP contribution < -0.4 is 0 Å². The summed E-state index contributed by atoms with van der Waals surface area (Å²) in [6, 6.07) is 0. The van der Waals surface area contributed by atoms with Gasteiger partial charge in [-0.25, -0.2) is 0 Å². The molecule has 2 heterocycles. The third-order valence-corrected chi connectivity index (χ3v) is 4.35. The maximum Gasteiger partial charge on any atom is 0.297 e. The van der Waals surface area contributed by atoms with Crippen LogP contribution in [0.3, 0.4) is 0 Å². The Kier molecular flexibility index (Phi) is 12.7. The molecule has 174 valence electrons. The number of hydrogen-bond acceptors (Lipinski definition) is 11. The largest absolute Gasteiger partial charge is 0.396 e. The molecule has 0 aliphatic carbocycles. The maximum atomic E-state index is 10.5. The highest BCUT2D eigenvalue weighted by Gasteiger charge is 2.66. The second-order valence-corrected chi connectivity index (χ2v) is 6.96. The van der Waals surface area contributed by atoms with Crippen molar-refractivity contribution in [1.82, 2.24) is 0 Å². The van der Waals surface area contributed by atoms with Gasteiger partial charge in [0.05, 0.1) is 19.3 Å². The molecule has 2 aliphatic heterocycles. The van der Waals surface area contributed by atoms with Crippen LogP contribution in [0, 0.1) is 10.1 Å². The summed E-state index contributed by atoms with van der Waals surface area (Å²) >= 11 is 0. The van der Waals surface area contributed by atoms with Gasteiger partial charge in [-0.1, -0.05) is 20.3 Å². The van der Waals surface area contributed by atoms with Crippen LogP contribution in [0.4, 0.5) is 0 Å². The highest BCUT2D eigenvalue weighted by atomic mass is 17.0. The number of hydrogen-bond donors (Lipinski definition) is 6. The van der Waals surface area contributed by atoms with Gasteiger partial charge >= 0.3 is 0 Å². The molecule has 0 amide bonds. The number of nitrogens with zero attached hydrogens (tertiary/aromatic N) is 1. The van der Waals surface area contributed by atoms with Gasteiger partial charge in [0, 0.05) is 19.6 Å². The van der Waals surface area contributed by atoms with Crippen molar-refractivity contribution in [3.05, 3.63) is 10.1 Å². The van der Waals surface area contributed by atoms with Crippen LogP contribution in [0.25, 0.3) is 0 Å². The first-order valence-corrected chi connectivity index (χ1v) is 9.62. The van der Waals surface area contributed by atoms with E-state index in [0.717, 1.165) is 6.42 Å². The Morgan fingerprint density at radius 1 is 1.28 bits per heavy atom. The van der Waals surface area contributed by atoms with Crippen LogP contribution in [-0.2, 0) is 14.3 Å². The SMILES string of the molecule is CC(O)CCO.CCCC(O)(O[N+](=O)[O-])[C@]1(O)CO[C@@H]2[C@@H](O)CO[C@@H]21.CCCO.